The van der Waals surface area contributed by atoms with E-state index in [0.717, 1.165) is 10.4 Å². The molecule has 0 heterocycles. The number of carbonyl (C=O) groups excluding carboxylic acids is 1. The summed E-state index contributed by atoms with van der Waals surface area (Å²) in [7, 11) is 0.408. The maximum Gasteiger partial charge on any atom is 0.335 e. The summed E-state index contributed by atoms with van der Waals surface area (Å²) < 4.78 is 26.6. The molecule has 23 heavy (non-hydrogen) atoms. The normalized spacial score (nSPS) is 13.0. The molecule has 0 aliphatic carbocycles. The van der Waals surface area contributed by atoms with Gasteiger partial charge in [-0.05, 0) is 31.0 Å². The highest BCUT2D eigenvalue weighted by molar-refractivity contribution is 7.89. The first-order valence-corrected chi connectivity index (χ1v) is 8.53. The molecule has 0 aliphatic heterocycles. The fraction of sp³-hybridized carbons (Fsp3) is 0.467. The fourth-order valence-corrected chi connectivity index (χ4v) is 3.75. The Morgan fingerprint density at radius 3 is 2.22 bits per heavy atom. The first kappa shape index (κ1) is 19.1. The summed E-state index contributed by atoms with van der Waals surface area (Å²) in [5.41, 5.74) is 0.395. The van der Waals surface area contributed by atoms with Crippen LogP contribution in [-0.2, 0) is 21.2 Å². The second-order valence-corrected chi connectivity index (χ2v) is 7.38. The number of rotatable bonds is 6. The van der Waals surface area contributed by atoms with Crippen molar-refractivity contribution >= 4 is 21.9 Å². The molecule has 0 saturated heterocycles. The zero-order chi connectivity index (χ0) is 17.9. The molecule has 1 rings (SSSR count). The monoisotopic (exact) mass is 342 g/mol. The third kappa shape index (κ3) is 3.89. The van der Waals surface area contributed by atoms with E-state index in [0.29, 0.717) is 12.0 Å². The standard InChI is InChI=1S/C15H22N2O5S/c1-6-11-7-8-12(15(19)20)9-13(11)23(21,22)17(5)10(2)14(18)16(3)4/h7-10H,6H2,1-5H3,(H,19,20)/t10-/m0/s1. The van der Waals surface area contributed by atoms with Gasteiger partial charge in [-0.3, -0.25) is 4.79 Å². The van der Waals surface area contributed by atoms with Crippen LogP contribution in [0.25, 0.3) is 0 Å². The van der Waals surface area contributed by atoms with Gasteiger partial charge in [-0.1, -0.05) is 13.0 Å². The zero-order valence-corrected chi connectivity index (χ0v) is 14.7. The summed E-state index contributed by atoms with van der Waals surface area (Å²) in [5, 5.41) is 9.08. The minimum absolute atomic E-state index is 0.0826. The van der Waals surface area contributed by atoms with Crippen LogP contribution in [0.5, 0.6) is 0 Å². The van der Waals surface area contributed by atoms with E-state index < -0.39 is 22.0 Å². The number of nitrogens with zero attached hydrogens (tertiary/aromatic N) is 2. The van der Waals surface area contributed by atoms with Crippen molar-refractivity contribution in [2.45, 2.75) is 31.2 Å². The van der Waals surface area contributed by atoms with Crippen molar-refractivity contribution < 1.29 is 23.1 Å². The second-order valence-electron chi connectivity index (χ2n) is 5.41. The first-order chi connectivity index (χ1) is 10.5. The van der Waals surface area contributed by atoms with Crippen LogP contribution in [0.3, 0.4) is 0 Å². The van der Waals surface area contributed by atoms with E-state index in [1.165, 1.54) is 31.0 Å². The van der Waals surface area contributed by atoms with Crippen molar-refractivity contribution in [3.8, 4) is 0 Å². The van der Waals surface area contributed by atoms with E-state index >= 15 is 0 Å². The molecule has 1 aromatic rings. The Morgan fingerprint density at radius 2 is 1.78 bits per heavy atom. The molecule has 0 fully saturated rings. The van der Waals surface area contributed by atoms with E-state index in [2.05, 4.69) is 0 Å². The molecule has 1 atom stereocenters. The highest BCUT2D eigenvalue weighted by Crippen LogP contribution is 2.23. The average molecular weight is 342 g/mol. The van der Waals surface area contributed by atoms with E-state index in [4.69, 9.17) is 5.11 Å². The molecule has 1 N–H and O–H groups in total. The molecular weight excluding hydrogens is 320 g/mol. The smallest absolute Gasteiger partial charge is 0.335 e. The van der Waals surface area contributed by atoms with Gasteiger partial charge in [-0.25, -0.2) is 13.2 Å². The van der Waals surface area contributed by atoms with E-state index in [-0.39, 0.29) is 16.4 Å². The topological polar surface area (TPSA) is 95.0 Å². The average Bonchev–Trinajstić information content (AvgIpc) is 2.51. The van der Waals surface area contributed by atoms with Gasteiger partial charge in [-0.2, -0.15) is 4.31 Å². The highest BCUT2D eigenvalue weighted by atomic mass is 32.2. The lowest BCUT2D eigenvalue weighted by atomic mass is 10.1. The molecule has 8 heteroatoms. The number of carboxylic acids is 1. The quantitative estimate of drug-likeness (QED) is 0.833. The number of aromatic carboxylic acids is 1. The number of amides is 1. The molecule has 128 valence electrons. The molecular formula is C15H22N2O5S. The summed E-state index contributed by atoms with van der Waals surface area (Å²) >= 11 is 0. The Bertz CT molecular complexity index is 713. The lowest BCUT2D eigenvalue weighted by Gasteiger charge is -2.26. The number of hydrogen-bond donors (Lipinski definition) is 1. The van der Waals surface area contributed by atoms with E-state index in [9.17, 15) is 18.0 Å². The molecule has 0 aromatic heterocycles. The minimum atomic E-state index is -3.99. The minimum Gasteiger partial charge on any atom is -0.478 e. The van der Waals surface area contributed by atoms with Gasteiger partial charge in [0.1, 0.15) is 6.04 Å². The number of hydrogen-bond acceptors (Lipinski definition) is 4. The van der Waals surface area contributed by atoms with Gasteiger partial charge in [0.2, 0.25) is 15.9 Å². The maximum atomic E-state index is 12.8. The Balaban J connectivity index is 3.39. The Kier molecular flexibility index (Phi) is 5.90. The van der Waals surface area contributed by atoms with Gasteiger partial charge in [0.05, 0.1) is 10.5 Å². The van der Waals surface area contributed by atoms with Crippen molar-refractivity contribution in [2.75, 3.05) is 21.1 Å². The van der Waals surface area contributed by atoms with Crippen LogP contribution in [0.2, 0.25) is 0 Å². The maximum absolute atomic E-state index is 12.8. The van der Waals surface area contributed by atoms with Crippen LogP contribution in [-0.4, -0.2) is 61.8 Å². The third-order valence-electron chi connectivity index (χ3n) is 3.70. The van der Waals surface area contributed by atoms with Gasteiger partial charge in [0, 0.05) is 21.1 Å². The number of likely N-dealkylation sites (N-methyl/N-ethyl adjacent to an activating group) is 2. The molecule has 0 unspecified atom stereocenters. The van der Waals surface area contributed by atoms with Gasteiger partial charge in [-0.15, -0.1) is 0 Å². The Morgan fingerprint density at radius 1 is 1.22 bits per heavy atom. The molecule has 0 bridgehead atoms. The van der Waals surface area contributed by atoms with Gasteiger partial charge >= 0.3 is 5.97 Å². The van der Waals surface area contributed by atoms with Crippen LogP contribution >= 0.6 is 0 Å². The SMILES string of the molecule is CCc1ccc(C(=O)O)cc1S(=O)(=O)N(C)[C@@H](C)C(=O)N(C)C. The second kappa shape index (κ2) is 7.10. The lowest BCUT2D eigenvalue weighted by Crippen LogP contribution is -2.45. The third-order valence-corrected chi connectivity index (χ3v) is 5.71. The number of sulfonamides is 1. The van der Waals surface area contributed by atoms with Crippen molar-refractivity contribution in [2.24, 2.45) is 0 Å². The molecule has 0 radical (unpaired) electrons. The van der Waals surface area contributed by atoms with Crippen LogP contribution in [0, 0.1) is 0 Å². The van der Waals surface area contributed by atoms with Crippen LogP contribution in [0.1, 0.15) is 29.8 Å². The number of aryl methyl sites for hydroxylation is 1. The predicted molar refractivity (Wildman–Crippen MR) is 85.9 cm³/mol. The molecule has 0 saturated carbocycles. The van der Waals surface area contributed by atoms with Crippen molar-refractivity contribution in [1.29, 1.82) is 0 Å². The highest BCUT2D eigenvalue weighted by Gasteiger charge is 2.32. The fourth-order valence-electron chi connectivity index (χ4n) is 2.11. The van der Waals surface area contributed by atoms with Crippen LogP contribution in [0.15, 0.2) is 23.1 Å². The van der Waals surface area contributed by atoms with Crippen molar-refractivity contribution in [3.63, 3.8) is 0 Å². The largest absolute Gasteiger partial charge is 0.478 e. The zero-order valence-electron chi connectivity index (χ0n) is 13.9. The molecule has 0 spiro atoms. The number of carbonyl (C=O) groups is 2. The van der Waals surface area contributed by atoms with Gasteiger partial charge in [0.25, 0.3) is 0 Å². The molecule has 7 nitrogen and oxygen atoms in total. The Labute approximate surface area is 136 Å². The van der Waals surface area contributed by atoms with Gasteiger partial charge < -0.3 is 10.0 Å². The number of carboxylic acid groups (broad SMARTS) is 1. The number of benzene rings is 1. The van der Waals surface area contributed by atoms with E-state index in [1.807, 2.05) is 0 Å². The van der Waals surface area contributed by atoms with Crippen LogP contribution in [0.4, 0.5) is 0 Å². The van der Waals surface area contributed by atoms with Crippen molar-refractivity contribution in [3.05, 3.63) is 29.3 Å². The first-order valence-electron chi connectivity index (χ1n) is 7.09. The predicted octanol–water partition coefficient (Wildman–Crippen LogP) is 1.04. The summed E-state index contributed by atoms with van der Waals surface area (Å²) in [4.78, 5) is 24.4. The molecule has 1 amide bonds. The summed E-state index contributed by atoms with van der Waals surface area (Å²) in [6.45, 7) is 3.27. The Hall–Kier alpha value is -1.93. The lowest BCUT2D eigenvalue weighted by molar-refractivity contribution is -0.131. The molecule has 1 aromatic carbocycles. The summed E-state index contributed by atoms with van der Waals surface area (Å²) in [6, 6.07) is 3.10. The van der Waals surface area contributed by atoms with Crippen molar-refractivity contribution in [1.82, 2.24) is 9.21 Å². The van der Waals surface area contributed by atoms with E-state index in [1.54, 1.807) is 21.0 Å². The van der Waals surface area contributed by atoms with Gasteiger partial charge in [0.15, 0.2) is 0 Å². The van der Waals surface area contributed by atoms with Crippen LogP contribution < -0.4 is 0 Å². The molecule has 0 aliphatic rings. The summed E-state index contributed by atoms with van der Waals surface area (Å²) in [5.74, 6) is -1.56. The summed E-state index contributed by atoms with van der Waals surface area (Å²) in [6.07, 6.45) is 0.429.